The number of rotatable bonds is 8. The number of hydrogen-bond acceptors (Lipinski definition) is 3. The third-order valence-corrected chi connectivity index (χ3v) is 4.86. The third kappa shape index (κ3) is 7.19. The summed E-state index contributed by atoms with van der Waals surface area (Å²) in [5, 5.41) is 5.76. The fraction of sp³-hybridized carbons (Fsp3) is 0.600. The lowest BCUT2D eigenvalue weighted by Crippen LogP contribution is -3.14. The van der Waals surface area contributed by atoms with Crippen molar-refractivity contribution in [2.24, 2.45) is 0 Å². The number of carbonyl (C=O) groups is 2. The Kier molecular flexibility index (Phi) is 8.06. The maximum absolute atomic E-state index is 12.2. The number of quaternary nitrogens is 2. The van der Waals surface area contributed by atoms with Crippen LogP contribution >= 0.6 is 0 Å². The summed E-state index contributed by atoms with van der Waals surface area (Å²) in [4.78, 5) is 28.9. The SMILES string of the molecule is CC[NH+]1CCN(c2ccc(NC(=O)C[NH+](C)CC(=O)NC(C)C)cc2)CC1. The zero-order valence-corrected chi connectivity index (χ0v) is 17.1. The number of benzene rings is 1. The molecule has 0 aromatic heterocycles. The number of amides is 2. The number of nitrogens with zero attached hydrogens (tertiary/aromatic N) is 1. The van der Waals surface area contributed by atoms with E-state index in [4.69, 9.17) is 0 Å². The molecule has 1 aromatic carbocycles. The summed E-state index contributed by atoms with van der Waals surface area (Å²) < 4.78 is 0. The maximum Gasteiger partial charge on any atom is 0.279 e. The molecule has 0 aliphatic carbocycles. The highest BCUT2D eigenvalue weighted by Gasteiger charge is 2.19. The second kappa shape index (κ2) is 10.3. The monoisotopic (exact) mass is 377 g/mol. The van der Waals surface area contributed by atoms with E-state index in [0.717, 1.165) is 23.7 Å². The number of anilines is 2. The summed E-state index contributed by atoms with van der Waals surface area (Å²) in [6.45, 7) is 12.3. The number of likely N-dealkylation sites (N-methyl/N-ethyl adjacent to an activating group) is 2. The van der Waals surface area contributed by atoms with Gasteiger partial charge in [-0.25, -0.2) is 0 Å². The Balaban J connectivity index is 1.78. The molecule has 150 valence electrons. The summed E-state index contributed by atoms with van der Waals surface area (Å²) in [6.07, 6.45) is 0. The summed E-state index contributed by atoms with van der Waals surface area (Å²) in [5.41, 5.74) is 2.00. The summed E-state index contributed by atoms with van der Waals surface area (Å²) >= 11 is 0. The molecule has 1 aromatic rings. The van der Waals surface area contributed by atoms with Crippen LogP contribution in [-0.2, 0) is 9.59 Å². The number of hydrogen-bond donors (Lipinski definition) is 4. The average Bonchev–Trinajstić information content (AvgIpc) is 2.61. The molecule has 1 unspecified atom stereocenters. The first kappa shape index (κ1) is 21.2. The van der Waals surface area contributed by atoms with E-state index in [-0.39, 0.29) is 30.9 Å². The normalized spacial score (nSPS) is 16.3. The molecule has 0 bridgehead atoms. The Morgan fingerprint density at radius 3 is 2.26 bits per heavy atom. The maximum atomic E-state index is 12.2. The average molecular weight is 378 g/mol. The fourth-order valence-corrected chi connectivity index (χ4v) is 3.38. The second-order valence-electron chi connectivity index (χ2n) is 7.72. The molecular formula is C20H35N5O2+2. The van der Waals surface area contributed by atoms with E-state index in [1.807, 2.05) is 33.0 Å². The first-order chi connectivity index (χ1) is 12.9. The van der Waals surface area contributed by atoms with E-state index in [1.54, 1.807) is 4.90 Å². The topological polar surface area (TPSA) is 70.3 Å². The number of carbonyl (C=O) groups excluding carboxylic acids is 2. The lowest BCUT2D eigenvalue weighted by atomic mass is 10.2. The van der Waals surface area contributed by atoms with Crippen molar-refractivity contribution in [2.45, 2.75) is 26.8 Å². The van der Waals surface area contributed by atoms with Crippen molar-refractivity contribution < 1.29 is 19.4 Å². The van der Waals surface area contributed by atoms with Gasteiger partial charge in [-0.3, -0.25) is 9.59 Å². The van der Waals surface area contributed by atoms with Crippen LogP contribution in [0.2, 0.25) is 0 Å². The highest BCUT2D eigenvalue weighted by Crippen LogP contribution is 2.17. The molecule has 0 radical (unpaired) electrons. The number of piperazine rings is 1. The second-order valence-corrected chi connectivity index (χ2v) is 7.72. The van der Waals surface area contributed by atoms with Gasteiger partial charge in [0.05, 0.1) is 39.8 Å². The van der Waals surface area contributed by atoms with Crippen molar-refractivity contribution in [1.29, 1.82) is 0 Å². The van der Waals surface area contributed by atoms with Crippen LogP contribution in [-0.4, -0.2) is 70.7 Å². The third-order valence-electron chi connectivity index (χ3n) is 4.86. The van der Waals surface area contributed by atoms with Crippen LogP contribution in [0.4, 0.5) is 11.4 Å². The van der Waals surface area contributed by atoms with E-state index in [2.05, 4.69) is 34.6 Å². The molecule has 1 fully saturated rings. The smallest absolute Gasteiger partial charge is 0.279 e. The first-order valence-corrected chi connectivity index (χ1v) is 9.96. The van der Waals surface area contributed by atoms with Crippen molar-refractivity contribution in [3.63, 3.8) is 0 Å². The van der Waals surface area contributed by atoms with Crippen molar-refractivity contribution in [3.05, 3.63) is 24.3 Å². The molecule has 0 spiro atoms. The van der Waals surface area contributed by atoms with Gasteiger partial charge < -0.3 is 25.3 Å². The van der Waals surface area contributed by atoms with Gasteiger partial charge in [-0.1, -0.05) is 0 Å². The molecule has 2 rings (SSSR count). The molecule has 1 aliphatic heterocycles. The van der Waals surface area contributed by atoms with E-state index >= 15 is 0 Å². The minimum Gasteiger partial charge on any atom is -0.360 e. The minimum atomic E-state index is -0.0854. The first-order valence-electron chi connectivity index (χ1n) is 9.96. The Bertz CT molecular complexity index is 609. The molecule has 7 nitrogen and oxygen atoms in total. The Morgan fingerprint density at radius 1 is 1.11 bits per heavy atom. The molecule has 1 saturated heterocycles. The zero-order chi connectivity index (χ0) is 19.8. The number of nitrogens with one attached hydrogen (secondary N) is 4. The molecule has 7 heteroatoms. The van der Waals surface area contributed by atoms with Crippen LogP contribution in [0.1, 0.15) is 20.8 Å². The van der Waals surface area contributed by atoms with Crippen molar-refractivity contribution in [2.75, 3.05) is 63.1 Å². The largest absolute Gasteiger partial charge is 0.360 e. The van der Waals surface area contributed by atoms with Crippen LogP contribution < -0.4 is 25.3 Å². The molecule has 1 atom stereocenters. The van der Waals surface area contributed by atoms with Gasteiger partial charge in [0, 0.05) is 17.4 Å². The molecule has 1 aliphatic rings. The highest BCUT2D eigenvalue weighted by molar-refractivity contribution is 5.91. The molecule has 0 saturated carbocycles. The quantitative estimate of drug-likeness (QED) is 0.441. The van der Waals surface area contributed by atoms with Crippen molar-refractivity contribution >= 4 is 23.2 Å². The predicted molar refractivity (Wildman–Crippen MR) is 108 cm³/mol. The van der Waals surface area contributed by atoms with Gasteiger partial charge in [0.2, 0.25) is 0 Å². The van der Waals surface area contributed by atoms with E-state index in [0.29, 0.717) is 0 Å². The molecule has 4 N–H and O–H groups in total. The lowest BCUT2D eigenvalue weighted by molar-refractivity contribution is -0.898. The summed E-state index contributed by atoms with van der Waals surface area (Å²) in [5.74, 6) is -0.123. The van der Waals surface area contributed by atoms with E-state index in [9.17, 15) is 9.59 Å². The standard InChI is InChI=1S/C20H33N5O2/c1-5-24-10-12-25(13-11-24)18-8-6-17(7-9-18)22-20(27)15-23(4)14-19(26)21-16(2)3/h6-9,16H,5,10-15H2,1-4H3,(H,21,26)(H,22,27)/p+2. The Labute approximate surface area is 162 Å². The summed E-state index contributed by atoms with van der Waals surface area (Å²) in [7, 11) is 1.85. The van der Waals surface area contributed by atoms with Gasteiger partial charge in [-0.2, -0.15) is 0 Å². The summed E-state index contributed by atoms with van der Waals surface area (Å²) in [6, 6.07) is 8.16. The molecule has 27 heavy (non-hydrogen) atoms. The van der Waals surface area contributed by atoms with Crippen LogP contribution in [0.15, 0.2) is 24.3 Å². The van der Waals surface area contributed by atoms with Gasteiger partial charge in [0.25, 0.3) is 11.8 Å². The fourth-order valence-electron chi connectivity index (χ4n) is 3.38. The van der Waals surface area contributed by atoms with E-state index < -0.39 is 0 Å². The molecule has 1 heterocycles. The van der Waals surface area contributed by atoms with Crippen molar-refractivity contribution in [1.82, 2.24) is 5.32 Å². The zero-order valence-electron chi connectivity index (χ0n) is 17.1. The van der Waals surface area contributed by atoms with Gasteiger partial charge in [-0.05, 0) is 45.0 Å². The lowest BCUT2D eigenvalue weighted by Gasteiger charge is -2.33. The predicted octanol–water partition coefficient (Wildman–Crippen LogP) is -1.61. The molecular weight excluding hydrogens is 342 g/mol. The Morgan fingerprint density at radius 2 is 1.70 bits per heavy atom. The highest BCUT2D eigenvalue weighted by atomic mass is 16.2. The Hall–Kier alpha value is -2.12. The van der Waals surface area contributed by atoms with Gasteiger partial charge in [0.15, 0.2) is 13.1 Å². The molecule has 2 amide bonds. The van der Waals surface area contributed by atoms with Crippen LogP contribution in [0.5, 0.6) is 0 Å². The van der Waals surface area contributed by atoms with Gasteiger partial charge in [0.1, 0.15) is 0 Å². The van der Waals surface area contributed by atoms with Gasteiger partial charge in [-0.15, -0.1) is 0 Å². The van der Waals surface area contributed by atoms with E-state index in [1.165, 1.54) is 25.3 Å². The van der Waals surface area contributed by atoms with Gasteiger partial charge >= 0.3 is 0 Å². The van der Waals surface area contributed by atoms with Crippen LogP contribution in [0, 0.1) is 0 Å². The van der Waals surface area contributed by atoms with Crippen LogP contribution in [0.25, 0.3) is 0 Å². The van der Waals surface area contributed by atoms with Crippen molar-refractivity contribution in [3.8, 4) is 0 Å². The minimum absolute atomic E-state index is 0.0374. The van der Waals surface area contributed by atoms with Crippen LogP contribution in [0.3, 0.4) is 0 Å².